The van der Waals surface area contributed by atoms with Gasteiger partial charge >= 0.3 is 5.97 Å². The van der Waals surface area contributed by atoms with Crippen molar-refractivity contribution in [3.05, 3.63) is 0 Å². The van der Waals surface area contributed by atoms with Crippen LogP contribution >= 0.6 is 12.6 Å². The molecule has 0 radical (unpaired) electrons. The van der Waals surface area contributed by atoms with Crippen LogP contribution in [0.15, 0.2) is 0 Å². The maximum absolute atomic E-state index is 12.0. The Balaban J connectivity index is 2.79. The van der Waals surface area contributed by atoms with Crippen molar-refractivity contribution in [1.29, 1.82) is 0 Å². The standard InChI is InChI=1S/C10H17NO3S/c1-10(2,6-15)9(14)11-5-3-4-7(11)8(12)13/h7,15H,3-6H2,1-2H3,(H,12,13)/t7-/m1/s1. The first-order valence-electron chi connectivity index (χ1n) is 5.05. The van der Waals surface area contributed by atoms with E-state index in [1.165, 1.54) is 4.90 Å². The lowest BCUT2D eigenvalue weighted by molar-refractivity contribution is -0.151. The maximum atomic E-state index is 12.0. The third kappa shape index (κ3) is 2.45. The quantitative estimate of drug-likeness (QED) is 0.713. The normalized spacial score (nSPS) is 21.8. The maximum Gasteiger partial charge on any atom is 0.326 e. The average Bonchev–Trinajstić information content (AvgIpc) is 2.64. The van der Waals surface area contributed by atoms with E-state index in [4.69, 9.17) is 5.11 Å². The lowest BCUT2D eigenvalue weighted by Crippen LogP contribution is -2.47. The van der Waals surface area contributed by atoms with Gasteiger partial charge in [0.05, 0.1) is 5.41 Å². The monoisotopic (exact) mass is 231 g/mol. The third-order valence-corrected chi connectivity index (χ3v) is 3.56. The third-order valence-electron chi connectivity index (χ3n) is 2.77. The molecule has 0 bridgehead atoms. The number of thiol groups is 1. The number of hydrogen-bond acceptors (Lipinski definition) is 3. The first-order valence-corrected chi connectivity index (χ1v) is 5.68. The Hall–Kier alpha value is -0.710. The summed E-state index contributed by atoms with van der Waals surface area (Å²) in [6.07, 6.45) is 1.33. The number of carboxylic acid groups (broad SMARTS) is 1. The highest BCUT2D eigenvalue weighted by Gasteiger charge is 2.39. The molecule has 4 nitrogen and oxygen atoms in total. The summed E-state index contributed by atoms with van der Waals surface area (Å²) >= 11 is 4.12. The molecule has 0 aromatic rings. The number of hydrogen-bond donors (Lipinski definition) is 2. The van der Waals surface area contributed by atoms with Crippen molar-refractivity contribution in [3.8, 4) is 0 Å². The van der Waals surface area contributed by atoms with Gasteiger partial charge in [0.25, 0.3) is 0 Å². The number of carbonyl (C=O) groups is 2. The van der Waals surface area contributed by atoms with Gasteiger partial charge in [-0.15, -0.1) is 0 Å². The van der Waals surface area contributed by atoms with Crippen molar-refractivity contribution >= 4 is 24.5 Å². The van der Waals surface area contributed by atoms with Crippen LogP contribution < -0.4 is 0 Å². The van der Waals surface area contributed by atoms with Gasteiger partial charge in [-0.3, -0.25) is 4.79 Å². The molecule has 1 aliphatic heterocycles. The molecule has 0 aromatic heterocycles. The smallest absolute Gasteiger partial charge is 0.326 e. The van der Waals surface area contributed by atoms with E-state index in [-0.39, 0.29) is 5.91 Å². The van der Waals surface area contributed by atoms with Gasteiger partial charge in [0.1, 0.15) is 6.04 Å². The minimum atomic E-state index is -0.907. The SMILES string of the molecule is CC(C)(CS)C(=O)N1CCC[C@@H]1C(=O)O. The second kappa shape index (κ2) is 4.43. The molecular formula is C10H17NO3S. The Kier molecular flexibility index (Phi) is 3.65. The van der Waals surface area contributed by atoms with Crippen molar-refractivity contribution in [3.63, 3.8) is 0 Å². The van der Waals surface area contributed by atoms with Gasteiger partial charge in [0.2, 0.25) is 5.91 Å². The van der Waals surface area contributed by atoms with Crippen LogP contribution in [0.3, 0.4) is 0 Å². The van der Waals surface area contributed by atoms with Crippen LogP contribution in [0.2, 0.25) is 0 Å². The molecule has 0 unspecified atom stereocenters. The Morgan fingerprint density at radius 3 is 2.60 bits per heavy atom. The zero-order valence-corrected chi connectivity index (χ0v) is 9.96. The molecule has 86 valence electrons. The number of nitrogens with zero attached hydrogens (tertiary/aromatic N) is 1. The largest absolute Gasteiger partial charge is 0.480 e. The predicted molar refractivity (Wildman–Crippen MR) is 60.0 cm³/mol. The molecule has 0 aromatic carbocycles. The topological polar surface area (TPSA) is 57.6 Å². The highest BCUT2D eigenvalue weighted by Crippen LogP contribution is 2.26. The molecule has 1 saturated heterocycles. The van der Waals surface area contributed by atoms with Gasteiger partial charge < -0.3 is 10.0 Å². The van der Waals surface area contributed by atoms with E-state index in [0.717, 1.165) is 6.42 Å². The van der Waals surface area contributed by atoms with Crippen LogP contribution in [0.25, 0.3) is 0 Å². The molecule has 1 rings (SSSR count). The highest BCUT2D eigenvalue weighted by atomic mass is 32.1. The van der Waals surface area contributed by atoms with Crippen LogP contribution in [0.5, 0.6) is 0 Å². The van der Waals surface area contributed by atoms with Crippen molar-refractivity contribution < 1.29 is 14.7 Å². The molecule has 0 spiro atoms. The lowest BCUT2D eigenvalue weighted by atomic mass is 9.94. The second-order valence-electron chi connectivity index (χ2n) is 4.54. The van der Waals surface area contributed by atoms with Gasteiger partial charge in [0, 0.05) is 12.3 Å². The molecule has 1 fully saturated rings. The molecule has 1 amide bonds. The van der Waals surface area contributed by atoms with Crippen molar-refractivity contribution in [1.82, 2.24) is 4.90 Å². The van der Waals surface area contributed by atoms with Gasteiger partial charge in [-0.2, -0.15) is 12.6 Å². The fraction of sp³-hybridized carbons (Fsp3) is 0.800. The number of rotatable bonds is 3. The zero-order valence-electron chi connectivity index (χ0n) is 9.06. The van der Waals surface area contributed by atoms with E-state index in [2.05, 4.69) is 12.6 Å². The van der Waals surface area contributed by atoms with Gasteiger partial charge in [-0.25, -0.2) is 4.79 Å². The number of aliphatic carboxylic acids is 1. The van der Waals surface area contributed by atoms with Gasteiger partial charge in [-0.1, -0.05) is 13.8 Å². The van der Waals surface area contributed by atoms with E-state index < -0.39 is 17.4 Å². The van der Waals surface area contributed by atoms with Crippen LogP contribution in [-0.4, -0.2) is 40.2 Å². The molecule has 1 aliphatic rings. The molecule has 0 saturated carbocycles. The molecule has 1 N–H and O–H groups in total. The molecule has 5 heteroatoms. The number of likely N-dealkylation sites (tertiary alicyclic amines) is 1. The van der Waals surface area contributed by atoms with Gasteiger partial charge in [-0.05, 0) is 12.8 Å². The second-order valence-corrected chi connectivity index (χ2v) is 4.85. The lowest BCUT2D eigenvalue weighted by Gasteiger charge is -2.30. The van der Waals surface area contributed by atoms with E-state index >= 15 is 0 Å². The molecule has 15 heavy (non-hydrogen) atoms. The first-order chi connectivity index (χ1) is 6.90. The zero-order chi connectivity index (χ0) is 11.6. The van der Waals surface area contributed by atoms with Crippen molar-refractivity contribution in [2.75, 3.05) is 12.3 Å². The van der Waals surface area contributed by atoms with Crippen molar-refractivity contribution in [2.45, 2.75) is 32.7 Å². The summed E-state index contributed by atoms with van der Waals surface area (Å²) in [5.41, 5.74) is -0.582. The summed E-state index contributed by atoms with van der Waals surface area (Å²) in [7, 11) is 0. The molecule has 1 heterocycles. The van der Waals surface area contributed by atoms with E-state index in [0.29, 0.717) is 18.7 Å². The highest BCUT2D eigenvalue weighted by molar-refractivity contribution is 7.80. The number of amides is 1. The molecule has 1 atom stereocenters. The summed E-state index contributed by atoms with van der Waals surface area (Å²) in [5.74, 6) is -0.590. The summed E-state index contributed by atoms with van der Waals surface area (Å²) in [4.78, 5) is 24.4. The van der Waals surface area contributed by atoms with E-state index in [1.807, 2.05) is 0 Å². The Morgan fingerprint density at radius 1 is 1.53 bits per heavy atom. The summed E-state index contributed by atoms with van der Waals surface area (Å²) < 4.78 is 0. The number of carbonyl (C=O) groups excluding carboxylic acids is 1. The Morgan fingerprint density at radius 2 is 2.13 bits per heavy atom. The minimum Gasteiger partial charge on any atom is -0.480 e. The Labute approximate surface area is 95.1 Å². The molecular weight excluding hydrogens is 214 g/mol. The number of carboxylic acids is 1. The molecule has 0 aliphatic carbocycles. The minimum absolute atomic E-state index is 0.109. The summed E-state index contributed by atoms with van der Waals surface area (Å²) in [5, 5.41) is 8.96. The predicted octanol–water partition coefficient (Wildman–Crippen LogP) is 1.02. The first kappa shape index (κ1) is 12.4. The van der Waals surface area contributed by atoms with Crippen LogP contribution in [0.1, 0.15) is 26.7 Å². The Bertz CT molecular complexity index is 278. The fourth-order valence-electron chi connectivity index (χ4n) is 1.72. The summed E-state index contributed by atoms with van der Waals surface area (Å²) in [6, 6.07) is -0.642. The van der Waals surface area contributed by atoms with E-state index in [1.54, 1.807) is 13.8 Å². The van der Waals surface area contributed by atoms with Crippen LogP contribution in [0.4, 0.5) is 0 Å². The van der Waals surface area contributed by atoms with Crippen LogP contribution in [-0.2, 0) is 9.59 Å². The van der Waals surface area contributed by atoms with Crippen LogP contribution in [0, 0.1) is 5.41 Å². The average molecular weight is 231 g/mol. The fourth-order valence-corrected chi connectivity index (χ4v) is 1.86. The van der Waals surface area contributed by atoms with Crippen molar-refractivity contribution in [2.24, 2.45) is 5.41 Å². The summed E-state index contributed by atoms with van der Waals surface area (Å²) in [6.45, 7) is 4.13. The van der Waals surface area contributed by atoms with E-state index in [9.17, 15) is 9.59 Å². The van der Waals surface area contributed by atoms with Gasteiger partial charge in [0.15, 0.2) is 0 Å².